The van der Waals surface area contributed by atoms with Crippen molar-refractivity contribution < 1.29 is 9.53 Å². The number of fused-ring (bicyclic) bond motifs is 1. The molecule has 3 nitrogen and oxygen atoms in total. The van der Waals surface area contributed by atoms with Crippen LogP contribution >= 0.6 is 0 Å². The van der Waals surface area contributed by atoms with Crippen LogP contribution in [-0.2, 0) is 9.53 Å². The molecule has 18 heavy (non-hydrogen) atoms. The van der Waals surface area contributed by atoms with Gasteiger partial charge in [0.25, 0.3) is 0 Å². The van der Waals surface area contributed by atoms with Crippen LogP contribution in [0.4, 0.5) is 0 Å². The van der Waals surface area contributed by atoms with Gasteiger partial charge in [0.05, 0.1) is 11.5 Å². The summed E-state index contributed by atoms with van der Waals surface area (Å²) in [7, 11) is 0. The highest BCUT2D eigenvalue weighted by Gasteiger charge is 2.64. The molecule has 0 aromatic heterocycles. The molecule has 3 heteroatoms. The Morgan fingerprint density at radius 1 is 1.61 bits per heavy atom. The molecule has 2 aliphatic rings. The lowest BCUT2D eigenvalue weighted by Gasteiger charge is -2.58. The summed E-state index contributed by atoms with van der Waals surface area (Å²) in [5.74, 6) is 0.307. The van der Waals surface area contributed by atoms with Crippen molar-refractivity contribution in [2.75, 3.05) is 0 Å². The molecule has 0 saturated heterocycles. The average Bonchev–Trinajstić information content (AvgIpc) is 2.52. The van der Waals surface area contributed by atoms with E-state index < -0.39 is 5.60 Å². The first kappa shape index (κ1) is 13.1. The number of nitriles is 1. The van der Waals surface area contributed by atoms with E-state index in [2.05, 4.69) is 25.1 Å². The van der Waals surface area contributed by atoms with Crippen molar-refractivity contribution in [3.8, 4) is 6.07 Å². The van der Waals surface area contributed by atoms with Gasteiger partial charge >= 0.3 is 5.97 Å². The van der Waals surface area contributed by atoms with Gasteiger partial charge in [-0.2, -0.15) is 5.26 Å². The van der Waals surface area contributed by atoms with Gasteiger partial charge in [0.2, 0.25) is 0 Å². The SMILES string of the molecule is CC(=O)OC(C)(C)C[C@@]1(C#N)C[C@@H]2CC=C[C@@]21C. The van der Waals surface area contributed by atoms with Gasteiger partial charge < -0.3 is 4.74 Å². The minimum atomic E-state index is -0.577. The third kappa shape index (κ3) is 1.75. The summed E-state index contributed by atoms with van der Waals surface area (Å²) >= 11 is 0. The number of carbonyl (C=O) groups is 1. The molecule has 0 unspecified atom stereocenters. The molecule has 2 aliphatic carbocycles. The Labute approximate surface area is 109 Å². The Bertz CT molecular complexity index is 446. The summed E-state index contributed by atoms with van der Waals surface area (Å²) in [5.41, 5.74) is -1.01. The van der Waals surface area contributed by atoms with E-state index in [1.807, 2.05) is 13.8 Å². The fourth-order valence-corrected chi connectivity index (χ4v) is 3.83. The molecule has 2 rings (SSSR count). The molecule has 0 N–H and O–H groups in total. The van der Waals surface area contributed by atoms with E-state index in [0.717, 1.165) is 12.8 Å². The second-order valence-corrected chi connectivity index (χ2v) is 6.55. The molecule has 0 spiro atoms. The number of esters is 1. The molecule has 0 amide bonds. The third-order valence-electron chi connectivity index (χ3n) is 4.72. The standard InChI is InChI=1S/C15H21NO2/c1-11(17)18-13(2,3)9-15(10-16)8-12-6-5-7-14(12,15)4/h5,7,12H,6,8-9H2,1-4H3/t12-,14-,15+/m0/s1. The zero-order valence-electron chi connectivity index (χ0n) is 11.6. The lowest BCUT2D eigenvalue weighted by atomic mass is 9.44. The molecular weight excluding hydrogens is 226 g/mol. The number of rotatable bonds is 3. The van der Waals surface area contributed by atoms with Crippen molar-refractivity contribution in [3.63, 3.8) is 0 Å². The number of allylic oxidation sites excluding steroid dienone is 2. The van der Waals surface area contributed by atoms with Crippen molar-refractivity contribution >= 4 is 5.97 Å². The van der Waals surface area contributed by atoms with E-state index in [1.54, 1.807) is 0 Å². The molecule has 0 aliphatic heterocycles. The summed E-state index contributed by atoms with van der Waals surface area (Å²) < 4.78 is 5.35. The average molecular weight is 247 g/mol. The molecule has 0 heterocycles. The maximum atomic E-state index is 11.1. The summed E-state index contributed by atoms with van der Waals surface area (Å²) in [5, 5.41) is 9.62. The normalized spacial score (nSPS) is 37.6. The van der Waals surface area contributed by atoms with Gasteiger partial charge in [-0.05, 0) is 32.6 Å². The van der Waals surface area contributed by atoms with Crippen LogP contribution in [-0.4, -0.2) is 11.6 Å². The Morgan fingerprint density at radius 2 is 2.28 bits per heavy atom. The number of nitrogens with zero attached hydrogens (tertiary/aromatic N) is 1. The Balaban J connectivity index is 2.19. The van der Waals surface area contributed by atoms with Gasteiger partial charge in [0, 0.05) is 18.8 Å². The Morgan fingerprint density at radius 3 is 2.78 bits per heavy atom. The zero-order valence-corrected chi connectivity index (χ0v) is 11.6. The Hall–Kier alpha value is -1.30. The molecule has 0 bridgehead atoms. The van der Waals surface area contributed by atoms with Gasteiger partial charge in [-0.1, -0.05) is 19.1 Å². The topological polar surface area (TPSA) is 50.1 Å². The third-order valence-corrected chi connectivity index (χ3v) is 4.72. The lowest BCUT2D eigenvalue weighted by Crippen LogP contribution is -2.56. The highest BCUT2D eigenvalue weighted by molar-refractivity contribution is 5.66. The second kappa shape index (κ2) is 3.85. The van der Waals surface area contributed by atoms with Crippen LogP contribution in [0.5, 0.6) is 0 Å². The van der Waals surface area contributed by atoms with Crippen LogP contribution in [0.2, 0.25) is 0 Å². The summed E-state index contributed by atoms with van der Waals surface area (Å²) in [6, 6.07) is 2.51. The van der Waals surface area contributed by atoms with E-state index in [0.29, 0.717) is 12.3 Å². The van der Waals surface area contributed by atoms with Crippen LogP contribution in [0.3, 0.4) is 0 Å². The molecular formula is C15H21NO2. The van der Waals surface area contributed by atoms with Crippen molar-refractivity contribution in [1.82, 2.24) is 0 Å². The quantitative estimate of drug-likeness (QED) is 0.568. The van der Waals surface area contributed by atoms with E-state index in [9.17, 15) is 10.1 Å². The van der Waals surface area contributed by atoms with E-state index >= 15 is 0 Å². The van der Waals surface area contributed by atoms with Gasteiger partial charge in [-0.25, -0.2) is 0 Å². The first-order chi connectivity index (χ1) is 8.25. The first-order valence-electron chi connectivity index (χ1n) is 6.53. The predicted molar refractivity (Wildman–Crippen MR) is 68.5 cm³/mol. The molecule has 0 aromatic rings. The maximum absolute atomic E-state index is 11.1. The lowest BCUT2D eigenvalue weighted by molar-refractivity contribution is -0.163. The second-order valence-electron chi connectivity index (χ2n) is 6.55. The maximum Gasteiger partial charge on any atom is 0.303 e. The highest BCUT2D eigenvalue weighted by Crippen LogP contribution is 2.67. The van der Waals surface area contributed by atoms with Crippen LogP contribution in [0.15, 0.2) is 12.2 Å². The Kier molecular flexibility index (Phi) is 2.81. The molecule has 3 atom stereocenters. The number of carbonyl (C=O) groups excluding carboxylic acids is 1. The van der Waals surface area contributed by atoms with Crippen LogP contribution < -0.4 is 0 Å². The minimum Gasteiger partial charge on any atom is -0.460 e. The predicted octanol–water partition coefficient (Wildman–Crippen LogP) is 3.21. The number of hydrogen-bond donors (Lipinski definition) is 0. The molecule has 1 saturated carbocycles. The van der Waals surface area contributed by atoms with Crippen LogP contribution in [0, 0.1) is 28.1 Å². The zero-order chi connectivity index (χ0) is 13.6. The largest absolute Gasteiger partial charge is 0.460 e. The number of hydrogen-bond acceptors (Lipinski definition) is 3. The van der Waals surface area contributed by atoms with Gasteiger partial charge in [0.15, 0.2) is 0 Å². The van der Waals surface area contributed by atoms with Crippen LogP contribution in [0.1, 0.15) is 47.0 Å². The smallest absolute Gasteiger partial charge is 0.303 e. The van der Waals surface area contributed by atoms with Crippen molar-refractivity contribution in [2.45, 2.75) is 52.6 Å². The summed E-state index contributed by atoms with van der Waals surface area (Å²) in [6.45, 7) is 7.37. The molecule has 98 valence electrons. The van der Waals surface area contributed by atoms with E-state index in [1.165, 1.54) is 6.92 Å². The van der Waals surface area contributed by atoms with Gasteiger partial charge in [-0.3, -0.25) is 4.79 Å². The molecule has 1 fully saturated rings. The van der Waals surface area contributed by atoms with Crippen molar-refractivity contribution in [3.05, 3.63) is 12.2 Å². The fourth-order valence-electron chi connectivity index (χ4n) is 3.83. The van der Waals surface area contributed by atoms with Gasteiger partial charge in [0.1, 0.15) is 5.60 Å². The van der Waals surface area contributed by atoms with Crippen molar-refractivity contribution in [1.29, 1.82) is 5.26 Å². The molecule has 0 aromatic carbocycles. The van der Waals surface area contributed by atoms with Crippen LogP contribution in [0.25, 0.3) is 0 Å². The summed E-state index contributed by atoms with van der Waals surface area (Å²) in [6.07, 6.45) is 6.97. The first-order valence-corrected chi connectivity index (χ1v) is 6.53. The van der Waals surface area contributed by atoms with E-state index in [-0.39, 0.29) is 16.8 Å². The summed E-state index contributed by atoms with van der Waals surface area (Å²) in [4.78, 5) is 11.1. The highest BCUT2D eigenvalue weighted by atomic mass is 16.6. The molecule has 0 radical (unpaired) electrons. The van der Waals surface area contributed by atoms with E-state index in [4.69, 9.17) is 4.74 Å². The fraction of sp³-hybridized carbons (Fsp3) is 0.733. The van der Waals surface area contributed by atoms with Crippen molar-refractivity contribution in [2.24, 2.45) is 16.7 Å². The number of ether oxygens (including phenoxy) is 1. The minimum absolute atomic E-state index is 0.0425. The monoisotopic (exact) mass is 247 g/mol. The van der Waals surface area contributed by atoms with Gasteiger partial charge in [-0.15, -0.1) is 0 Å².